The maximum absolute atomic E-state index is 5.77. The smallest absolute Gasteiger partial charge is 0.0762 e. The fourth-order valence-electron chi connectivity index (χ4n) is 1.58. The van der Waals surface area contributed by atoms with Crippen molar-refractivity contribution in [3.63, 3.8) is 0 Å². The van der Waals surface area contributed by atoms with Crippen LogP contribution < -0.4 is 5.32 Å². The van der Waals surface area contributed by atoms with Crippen LogP contribution in [0, 0.1) is 5.92 Å². The van der Waals surface area contributed by atoms with E-state index in [4.69, 9.17) is 11.6 Å². The van der Waals surface area contributed by atoms with Gasteiger partial charge < -0.3 is 5.32 Å². The average molecular weight is 230 g/mol. The summed E-state index contributed by atoms with van der Waals surface area (Å²) in [5.74, 6) is 1.31. The van der Waals surface area contributed by atoms with Crippen molar-refractivity contribution in [3.8, 4) is 0 Å². The van der Waals surface area contributed by atoms with Crippen LogP contribution >= 0.6 is 11.6 Å². The first kappa shape index (κ1) is 12.5. The highest BCUT2D eigenvalue weighted by molar-refractivity contribution is 6.17. The van der Waals surface area contributed by atoms with Gasteiger partial charge in [0.25, 0.3) is 0 Å². The molecule has 0 saturated carbocycles. The number of hydrogen-bond donors (Lipinski definition) is 1. The topological polar surface area (TPSA) is 29.9 Å². The van der Waals surface area contributed by atoms with Gasteiger partial charge in [-0.2, -0.15) is 5.10 Å². The van der Waals surface area contributed by atoms with E-state index in [-0.39, 0.29) is 0 Å². The number of halogens is 1. The van der Waals surface area contributed by atoms with E-state index in [0.717, 1.165) is 18.7 Å². The molecule has 86 valence electrons. The normalized spacial score (nSPS) is 13.4. The lowest BCUT2D eigenvalue weighted by molar-refractivity contribution is 0.386. The highest BCUT2D eigenvalue weighted by atomic mass is 35.5. The van der Waals surface area contributed by atoms with Gasteiger partial charge in [-0.25, -0.2) is 0 Å². The van der Waals surface area contributed by atoms with E-state index in [1.807, 2.05) is 24.0 Å². The molecule has 1 atom stereocenters. The van der Waals surface area contributed by atoms with Crippen molar-refractivity contribution in [1.82, 2.24) is 15.1 Å². The van der Waals surface area contributed by atoms with Crippen LogP contribution in [0.4, 0.5) is 0 Å². The number of rotatable bonds is 6. The molecule has 15 heavy (non-hydrogen) atoms. The Labute approximate surface area is 96.8 Å². The van der Waals surface area contributed by atoms with Gasteiger partial charge in [0.15, 0.2) is 0 Å². The van der Waals surface area contributed by atoms with Crippen LogP contribution in [0.5, 0.6) is 0 Å². The van der Waals surface area contributed by atoms with Gasteiger partial charge in [0, 0.05) is 31.7 Å². The Morgan fingerprint density at radius 3 is 2.73 bits per heavy atom. The first-order valence-corrected chi connectivity index (χ1v) is 5.94. The predicted octanol–water partition coefficient (Wildman–Crippen LogP) is 2.16. The highest BCUT2D eigenvalue weighted by Gasteiger charge is 2.12. The summed E-state index contributed by atoms with van der Waals surface area (Å²) in [6, 6.07) is 2.51. The van der Waals surface area contributed by atoms with E-state index in [1.165, 1.54) is 0 Å². The second-order valence-corrected chi connectivity index (χ2v) is 4.57. The van der Waals surface area contributed by atoms with Crippen molar-refractivity contribution in [2.24, 2.45) is 13.0 Å². The molecule has 0 bridgehead atoms. The van der Waals surface area contributed by atoms with Gasteiger partial charge in [-0.15, -0.1) is 11.6 Å². The van der Waals surface area contributed by atoms with Crippen molar-refractivity contribution in [2.75, 3.05) is 5.88 Å². The van der Waals surface area contributed by atoms with Crippen LogP contribution in [0.25, 0.3) is 0 Å². The number of nitrogens with zero attached hydrogens (tertiary/aromatic N) is 2. The van der Waals surface area contributed by atoms with Crippen LogP contribution in [0.3, 0.4) is 0 Å². The minimum absolute atomic E-state index is 0.476. The maximum atomic E-state index is 5.77. The summed E-state index contributed by atoms with van der Waals surface area (Å²) in [5.41, 5.74) is 1.08. The molecule has 4 heteroatoms. The molecule has 1 aromatic heterocycles. The van der Waals surface area contributed by atoms with Crippen LogP contribution in [-0.4, -0.2) is 21.7 Å². The Kier molecular flexibility index (Phi) is 5.12. The number of alkyl halides is 1. The lowest BCUT2D eigenvalue weighted by atomic mass is 10.0. The summed E-state index contributed by atoms with van der Waals surface area (Å²) in [7, 11) is 1.93. The first-order chi connectivity index (χ1) is 7.13. The van der Waals surface area contributed by atoms with Crippen molar-refractivity contribution < 1.29 is 0 Å². The zero-order valence-electron chi connectivity index (χ0n) is 9.70. The molecule has 0 aliphatic rings. The van der Waals surface area contributed by atoms with Crippen LogP contribution in [-0.2, 0) is 13.6 Å². The van der Waals surface area contributed by atoms with Crippen LogP contribution in [0.2, 0.25) is 0 Å². The summed E-state index contributed by atoms with van der Waals surface area (Å²) in [5, 5.41) is 7.81. The van der Waals surface area contributed by atoms with Crippen LogP contribution in [0.15, 0.2) is 12.3 Å². The van der Waals surface area contributed by atoms with E-state index in [0.29, 0.717) is 17.8 Å². The Bertz CT molecular complexity index is 283. The molecule has 0 aliphatic carbocycles. The summed E-state index contributed by atoms with van der Waals surface area (Å²) >= 11 is 5.77. The molecule has 1 heterocycles. The molecule has 1 N–H and O–H groups in total. The van der Waals surface area contributed by atoms with Gasteiger partial charge in [0.2, 0.25) is 0 Å². The lowest BCUT2D eigenvalue weighted by Gasteiger charge is -2.20. The number of nitrogens with one attached hydrogen (secondary N) is 1. The summed E-state index contributed by atoms with van der Waals surface area (Å²) in [6.07, 6.45) is 2.97. The molecule has 0 saturated heterocycles. The van der Waals surface area contributed by atoms with Crippen molar-refractivity contribution in [3.05, 3.63) is 18.0 Å². The summed E-state index contributed by atoms with van der Waals surface area (Å²) in [4.78, 5) is 0. The van der Waals surface area contributed by atoms with E-state index in [2.05, 4.69) is 24.3 Å². The lowest BCUT2D eigenvalue weighted by Crippen LogP contribution is -2.33. The number of hydrogen-bond acceptors (Lipinski definition) is 2. The van der Waals surface area contributed by atoms with E-state index >= 15 is 0 Å². The third kappa shape index (κ3) is 4.22. The predicted molar refractivity (Wildman–Crippen MR) is 64.0 cm³/mol. The Morgan fingerprint density at radius 2 is 2.27 bits per heavy atom. The zero-order valence-corrected chi connectivity index (χ0v) is 10.5. The Morgan fingerprint density at radius 1 is 1.53 bits per heavy atom. The van der Waals surface area contributed by atoms with Crippen LogP contribution in [0.1, 0.15) is 26.0 Å². The fraction of sp³-hybridized carbons (Fsp3) is 0.727. The first-order valence-electron chi connectivity index (χ1n) is 5.41. The molecule has 0 spiro atoms. The summed E-state index contributed by atoms with van der Waals surface area (Å²) in [6.45, 7) is 5.24. The summed E-state index contributed by atoms with van der Waals surface area (Å²) < 4.78 is 1.82. The molecule has 1 unspecified atom stereocenters. The van der Waals surface area contributed by atoms with Gasteiger partial charge in [-0.3, -0.25) is 4.68 Å². The molecular weight excluding hydrogens is 210 g/mol. The Hall–Kier alpha value is -0.540. The maximum Gasteiger partial charge on any atom is 0.0762 e. The minimum atomic E-state index is 0.476. The third-order valence-corrected chi connectivity index (χ3v) is 2.76. The number of aryl methyl sites for hydroxylation is 1. The van der Waals surface area contributed by atoms with Crippen molar-refractivity contribution in [2.45, 2.75) is 32.9 Å². The van der Waals surface area contributed by atoms with Gasteiger partial charge in [0.1, 0.15) is 0 Å². The van der Waals surface area contributed by atoms with Gasteiger partial charge in [-0.05, 0) is 18.4 Å². The second kappa shape index (κ2) is 6.13. The highest BCUT2D eigenvalue weighted by Crippen LogP contribution is 2.08. The molecule has 0 aliphatic heterocycles. The van der Waals surface area contributed by atoms with Gasteiger partial charge in [0.05, 0.1) is 5.69 Å². The van der Waals surface area contributed by atoms with Gasteiger partial charge >= 0.3 is 0 Å². The average Bonchev–Trinajstić information content (AvgIpc) is 2.58. The van der Waals surface area contributed by atoms with E-state index < -0.39 is 0 Å². The third-order valence-electron chi connectivity index (χ3n) is 2.54. The fourth-order valence-corrected chi connectivity index (χ4v) is 1.82. The molecule has 0 amide bonds. The molecule has 3 nitrogen and oxygen atoms in total. The molecule has 1 aromatic rings. The molecular formula is C11H20ClN3. The van der Waals surface area contributed by atoms with Gasteiger partial charge in [-0.1, -0.05) is 13.8 Å². The molecule has 0 radical (unpaired) electrons. The van der Waals surface area contributed by atoms with Crippen molar-refractivity contribution in [1.29, 1.82) is 0 Å². The monoisotopic (exact) mass is 229 g/mol. The quantitative estimate of drug-likeness (QED) is 0.758. The Balaban J connectivity index is 2.39. The van der Waals surface area contributed by atoms with Crippen molar-refractivity contribution >= 4 is 11.6 Å². The molecule has 0 fully saturated rings. The van der Waals surface area contributed by atoms with E-state index in [9.17, 15) is 0 Å². The zero-order chi connectivity index (χ0) is 11.3. The molecule has 1 rings (SSSR count). The SMILES string of the molecule is CC(C)C(CCCl)NCc1ccn(C)n1. The standard InChI is InChI=1S/C11H20ClN3/c1-9(2)11(4-6-12)13-8-10-5-7-15(3)14-10/h5,7,9,11,13H,4,6,8H2,1-3H3. The number of aromatic nitrogens is 2. The van der Waals surface area contributed by atoms with E-state index in [1.54, 1.807) is 0 Å². The minimum Gasteiger partial charge on any atom is -0.308 e. The molecule has 0 aromatic carbocycles. The second-order valence-electron chi connectivity index (χ2n) is 4.19. The largest absolute Gasteiger partial charge is 0.308 e.